The summed E-state index contributed by atoms with van der Waals surface area (Å²) in [4.78, 5) is 3.49. The van der Waals surface area contributed by atoms with Crippen molar-refractivity contribution in [1.82, 2.24) is 4.98 Å². The summed E-state index contributed by atoms with van der Waals surface area (Å²) in [6.45, 7) is 1.28. The van der Waals surface area contributed by atoms with Crippen LogP contribution in [0.3, 0.4) is 0 Å². The maximum Gasteiger partial charge on any atom is 0.433 e. The summed E-state index contributed by atoms with van der Waals surface area (Å²) >= 11 is 0. The number of hydrogen-bond acceptors (Lipinski definition) is 3. The Morgan fingerprint density at radius 1 is 1.14 bits per heavy atom. The lowest BCUT2D eigenvalue weighted by Crippen LogP contribution is -2.22. The molecule has 1 aromatic heterocycles. The quantitative estimate of drug-likeness (QED) is 0.676. The maximum absolute atomic E-state index is 12.2. The smallest absolute Gasteiger partial charge is 0.380 e. The molecule has 76 valence electrons. The Bertz CT molecular complexity index is 348. The number of halogens is 3. The molecule has 14 heavy (non-hydrogen) atoms. The average molecular weight is 203 g/mol. The van der Waals surface area contributed by atoms with Crippen LogP contribution in [-0.2, 0) is 6.18 Å². The zero-order valence-corrected chi connectivity index (χ0v) is 7.15. The largest absolute Gasteiger partial charge is 0.433 e. The number of hydrogen-bond donors (Lipinski definition) is 2. The van der Waals surface area contributed by atoms with Crippen molar-refractivity contribution in [3.05, 3.63) is 17.8 Å². The van der Waals surface area contributed by atoms with E-state index in [2.05, 4.69) is 15.6 Å². The third-order valence-corrected chi connectivity index (χ3v) is 1.92. The van der Waals surface area contributed by atoms with E-state index in [0.717, 1.165) is 6.07 Å². The Morgan fingerprint density at radius 2 is 1.86 bits per heavy atom. The Hall–Kier alpha value is -1.46. The molecule has 0 radical (unpaired) electrons. The van der Waals surface area contributed by atoms with E-state index in [4.69, 9.17) is 0 Å². The Labute approximate surface area is 78.3 Å². The van der Waals surface area contributed by atoms with E-state index in [9.17, 15) is 13.2 Å². The molecule has 0 unspecified atom stereocenters. The van der Waals surface area contributed by atoms with Crippen molar-refractivity contribution in [2.45, 2.75) is 6.18 Å². The normalized spacial score (nSPS) is 15.4. The molecule has 0 bridgehead atoms. The predicted molar refractivity (Wildman–Crippen MR) is 46.2 cm³/mol. The minimum atomic E-state index is -4.38. The van der Waals surface area contributed by atoms with E-state index < -0.39 is 11.9 Å². The van der Waals surface area contributed by atoms with Crippen LogP contribution in [0.2, 0.25) is 0 Å². The third-order valence-electron chi connectivity index (χ3n) is 1.92. The number of pyridine rings is 1. The van der Waals surface area contributed by atoms with Crippen molar-refractivity contribution < 1.29 is 13.2 Å². The van der Waals surface area contributed by atoms with Gasteiger partial charge in [0, 0.05) is 13.1 Å². The van der Waals surface area contributed by atoms with E-state index in [0.29, 0.717) is 18.8 Å². The van der Waals surface area contributed by atoms with E-state index >= 15 is 0 Å². The van der Waals surface area contributed by atoms with E-state index in [-0.39, 0.29) is 5.82 Å². The number of aromatic nitrogens is 1. The molecule has 2 N–H and O–H groups in total. The molecule has 6 heteroatoms. The van der Waals surface area contributed by atoms with Gasteiger partial charge in [0.2, 0.25) is 0 Å². The molecular formula is C8H8F3N3. The lowest BCUT2D eigenvalue weighted by atomic mass is 10.2. The molecule has 0 fully saturated rings. The van der Waals surface area contributed by atoms with Gasteiger partial charge in [-0.05, 0) is 12.1 Å². The van der Waals surface area contributed by atoms with Crippen molar-refractivity contribution in [2.75, 3.05) is 23.7 Å². The van der Waals surface area contributed by atoms with Crippen LogP contribution in [0.25, 0.3) is 0 Å². The molecule has 2 heterocycles. The van der Waals surface area contributed by atoms with Crippen molar-refractivity contribution in [1.29, 1.82) is 0 Å². The Morgan fingerprint density at radius 3 is 2.57 bits per heavy atom. The average Bonchev–Trinajstić information content (AvgIpc) is 2.16. The molecule has 1 aliphatic rings. The highest BCUT2D eigenvalue weighted by atomic mass is 19.4. The highest BCUT2D eigenvalue weighted by molar-refractivity contribution is 5.66. The van der Waals surface area contributed by atoms with Gasteiger partial charge in [0.15, 0.2) is 0 Å². The van der Waals surface area contributed by atoms with Gasteiger partial charge in [0.1, 0.15) is 11.5 Å². The van der Waals surface area contributed by atoms with Gasteiger partial charge in [-0.2, -0.15) is 13.2 Å². The highest BCUT2D eigenvalue weighted by Gasteiger charge is 2.33. The maximum atomic E-state index is 12.2. The second-order valence-corrected chi connectivity index (χ2v) is 2.94. The Kier molecular flexibility index (Phi) is 1.98. The second kappa shape index (κ2) is 3.04. The molecule has 2 rings (SSSR count). The summed E-state index contributed by atoms with van der Waals surface area (Å²) in [5.74, 6) is 0.270. The number of alkyl halides is 3. The minimum absolute atomic E-state index is 0.270. The first-order valence-corrected chi connectivity index (χ1v) is 4.13. The molecule has 0 aromatic carbocycles. The summed E-state index contributed by atoms with van der Waals surface area (Å²) in [7, 11) is 0. The summed E-state index contributed by atoms with van der Waals surface area (Å²) < 4.78 is 36.7. The second-order valence-electron chi connectivity index (χ2n) is 2.94. The fourth-order valence-corrected chi connectivity index (χ4v) is 1.27. The summed E-state index contributed by atoms with van der Waals surface area (Å²) in [5.41, 5.74) is -0.253. The molecule has 0 saturated heterocycles. The Balaban J connectivity index is 2.39. The van der Waals surface area contributed by atoms with Gasteiger partial charge < -0.3 is 10.6 Å². The molecule has 0 saturated carbocycles. The molecule has 0 spiro atoms. The van der Waals surface area contributed by atoms with Crippen LogP contribution in [0.5, 0.6) is 0 Å². The SMILES string of the molecule is FC(F)(F)c1ccc2c(n1)NCCN2. The van der Waals surface area contributed by atoms with Crippen LogP contribution in [0.1, 0.15) is 5.69 Å². The lowest BCUT2D eigenvalue weighted by molar-refractivity contribution is -0.141. The molecular weight excluding hydrogens is 195 g/mol. The molecule has 3 nitrogen and oxygen atoms in total. The number of nitrogens with one attached hydrogen (secondary N) is 2. The summed E-state index contributed by atoms with van der Waals surface area (Å²) in [5, 5.41) is 5.75. The lowest BCUT2D eigenvalue weighted by Gasteiger charge is -2.19. The number of rotatable bonds is 0. The minimum Gasteiger partial charge on any atom is -0.380 e. The van der Waals surface area contributed by atoms with Crippen LogP contribution < -0.4 is 10.6 Å². The fourth-order valence-electron chi connectivity index (χ4n) is 1.27. The summed E-state index contributed by atoms with van der Waals surface area (Å²) in [6.07, 6.45) is -4.38. The zero-order valence-electron chi connectivity index (χ0n) is 7.15. The van der Waals surface area contributed by atoms with Gasteiger partial charge in [0.05, 0.1) is 5.69 Å². The van der Waals surface area contributed by atoms with Gasteiger partial charge in [-0.3, -0.25) is 0 Å². The first kappa shape index (κ1) is 9.11. The molecule has 1 aromatic rings. The van der Waals surface area contributed by atoms with Gasteiger partial charge in [-0.15, -0.1) is 0 Å². The molecule has 0 amide bonds. The zero-order chi connectivity index (χ0) is 10.2. The summed E-state index contributed by atoms with van der Waals surface area (Å²) in [6, 6.07) is 2.36. The number of fused-ring (bicyclic) bond motifs is 1. The van der Waals surface area contributed by atoms with Gasteiger partial charge in [0.25, 0.3) is 0 Å². The van der Waals surface area contributed by atoms with Crippen molar-refractivity contribution in [3.8, 4) is 0 Å². The van der Waals surface area contributed by atoms with Crippen molar-refractivity contribution in [3.63, 3.8) is 0 Å². The predicted octanol–water partition coefficient (Wildman–Crippen LogP) is 1.94. The number of nitrogens with zero attached hydrogens (tertiary/aromatic N) is 1. The standard InChI is InChI=1S/C8H8F3N3/c9-8(10,11)6-2-1-5-7(14-6)13-4-3-12-5/h1-2,12H,3-4H2,(H,13,14). The topological polar surface area (TPSA) is 37.0 Å². The van der Waals surface area contributed by atoms with Gasteiger partial charge in [-0.25, -0.2) is 4.98 Å². The first-order valence-electron chi connectivity index (χ1n) is 4.13. The van der Waals surface area contributed by atoms with Gasteiger partial charge in [-0.1, -0.05) is 0 Å². The van der Waals surface area contributed by atoms with Crippen LogP contribution in [0.15, 0.2) is 12.1 Å². The van der Waals surface area contributed by atoms with E-state index in [1.165, 1.54) is 6.07 Å². The molecule has 1 aliphatic heterocycles. The van der Waals surface area contributed by atoms with Crippen LogP contribution in [-0.4, -0.2) is 18.1 Å². The van der Waals surface area contributed by atoms with Crippen molar-refractivity contribution in [2.24, 2.45) is 0 Å². The van der Waals surface area contributed by atoms with Gasteiger partial charge >= 0.3 is 6.18 Å². The molecule has 0 atom stereocenters. The molecule has 0 aliphatic carbocycles. The number of anilines is 2. The van der Waals surface area contributed by atoms with E-state index in [1.807, 2.05) is 0 Å². The highest BCUT2D eigenvalue weighted by Crippen LogP contribution is 2.31. The third kappa shape index (κ3) is 1.59. The monoisotopic (exact) mass is 203 g/mol. The van der Waals surface area contributed by atoms with Crippen LogP contribution >= 0.6 is 0 Å². The van der Waals surface area contributed by atoms with Crippen molar-refractivity contribution >= 4 is 11.5 Å². The van der Waals surface area contributed by atoms with Crippen LogP contribution in [0.4, 0.5) is 24.7 Å². The first-order chi connectivity index (χ1) is 6.57. The van der Waals surface area contributed by atoms with Crippen LogP contribution in [0, 0.1) is 0 Å². The van der Waals surface area contributed by atoms with E-state index in [1.54, 1.807) is 0 Å². The fraction of sp³-hybridized carbons (Fsp3) is 0.375.